The molecule has 1 rings (SSSR count). The molecule has 0 aliphatic rings. The van der Waals surface area contributed by atoms with Crippen molar-refractivity contribution in [3.63, 3.8) is 0 Å². The number of nitrogens with zero attached hydrogens (tertiary/aromatic N) is 1. The van der Waals surface area contributed by atoms with Gasteiger partial charge in [-0.1, -0.05) is 44.2 Å². The Morgan fingerprint density at radius 1 is 0.952 bits per heavy atom. The third kappa shape index (κ3) is 8.23. The van der Waals surface area contributed by atoms with E-state index in [0.29, 0.717) is 12.1 Å². The van der Waals surface area contributed by atoms with Crippen molar-refractivity contribution in [1.82, 2.24) is 10.2 Å². The fraction of sp³-hybridized carbons (Fsp3) is 0.684. The molecule has 120 valence electrons. The van der Waals surface area contributed by atoms with Crippen LogP contribution in [0.5, 0.6) is 0 Å². The summed E-state index contributed by atoms with van der Waals surface area (Å²) in [7, 11) is 0. The van der Waals surface area contributed by atoms with Crippen LogP contribution in [0.25, 0.3) is 0 Å². The van der Waals surface area contributed by atoms with Crippen molar-refractivity contribution in [3.8, 4) is 0 Å². The van der Waals surface area contributed by atoms with Crippen LogP contribution in [0.3, 0.4) is 0 Å². The third-order valence-corrected chi connectivity index (χ3v) is 4.28. The summed E-state index contributed by atoms with van der Waals surface area (Å²) in [6.45, 7) is 12.7. The largest absolute Gasteiger partial charge is 0.312 e. The normalized spacial score (nSPS) is 14.3. The van der Waals surface area contributed by atoms with Crippen molar-refractivity contribution < 1.29 is 0 Å². The summed E-state index contributed by atoms with van der Waals surface area (Å²) >= 11 is 0. The van der Waals surface area contributed by atoms with Crippen molar-refractivity contribution in [1.29, 1.82) is 0 Å². The van der Waals surface area contributed by atoms with E-state index in [-0.39, 0.29) is 0 Å². The van der Waals surface area contributed by atoms with Gasteiger partial charge in [-0.2, -0.15) is 0 Å². The highest BCUT2D eigenvalue weighted by Gasteiger charge is 2.08. The van der Waals surface area contributed by atoms with Gasteiger partial charge in [-0.15, -0.1) is 0 Å². The van der Waals surface area contributed by atoms with E-state index in [1.165, 1.54) is 50.9 Å². The lowest BCUT2D eigenvalue weighted by molar-refractivity contribution is 0.288. The van der Waals surface area contributed by atoms with Crippen molar-refractivity contribution >= 4 is 0 Å². The van der Waals surface area contributed by atoms with Gasteiger partial charge in [0.05, 0.1) is 0 Å². The van der Waals surface area contributed by atoms with Crippen molar-refractivity contribution in [2.45, 2.75) is 65.5 Å². The van der Waals surface area contributed by atoms with E-state index in [1.54, 1.807) is 0 Å². The van der Waals surface area contributed by atoms with Crippen LogP contribution in [0.4, 0.5) is 0 Å². The molecule has 0 radical (unpaired) electrons. The van der Waals surface area contributed by atoms with Gasteiger partial charge in [0.1, 0.15) is 0 Å². The quantitative estimate of drug-likeness (QED) is 0.660. The van der Waals surface area contributed by atoms with Crippen LogP contribution < -0.4 is 5.32 Å². The van der Waals surface area contributed by atoms with Crippen LogP contribution >= 0.6 is 0 Å². The lowest BCUT2D eigenvalue weighted by Gasteiger charge is -2.22. The molecule has 0 heterocycles. The molecule has 0 aliphatic carbocycles. The summed E-state index contributed by atoms with van der Waals surface area (Å²) in [5.74, 6) is 0. The molecule has 0 aromatic heterocycles. The number of aryl methyl sites for hydroxylation is 1. The van der Waals surface area contributed by atoms with Gasteiger partial charge in [0.2, 0.25) is 0 Å². The highest BCUT2D eigenvalue weighted by atomic mass is 15.1. The van der Waals surface area contributed by atoms with Gasteiger partial charge in [0.25, 0.3) is 0 Å². The average Bonchev–Trinajstić information content (AvgIpc) is 2.50. The molecule has 0 spiro atoms. The number of hydrogen-bond donors (Lipinski definition) is 1. The second kappa shape index (κ2) is 10.8. The van der Waals surface area contributed by atoms with E-state index >= 15 is 0 Å². The van der Waals surface area contributed by atoms with Gasteiger partial charge in [0.15, 0.2) is 0 Å². The van der Waals surface area contributed by atoms with Crippen molar-refractivity contribution in [3.05, 3.63) is 35.9 Å². The Bertz CT molecular complexity index is 346. The molecule has 21 heavy (non-hydrogen) atoms. The summed E-state index contributed by atoms with van der Waals surface area (Å²) in [6, 6.07) is 12.0. The second-order valence-electron chi connectivity index (χ2n) is 6.16. The van der Waals surface area contributed by atoms with Crippen LogP contribution in [0.1, 0.15) is 52.5 Å². The lowest BCUT2D eigenvalue weighted by atomic mass is 10.0. The Morgan fingerprint density at radius 2 is 1.57 bits per heavy atom. The first-order valence-corrected chi connectivity index (χ1v) is 8.68. The van der Waals surface area contributed by atoms with Crippen molar-refractivity contribution in [2.24, 2.45) is 0 Å². The van der Waals surface area contributed by atoms with Crippen LogP contribution in [-0.4, -0.2) is 36.6 Å². The summed E-state index contributed by atoms with van der Waals surface area (Å²) in [5, 5.41) is 3.74. The smallest absolute Gasteiger partial charge is 0.00443 e. The molecule has 0 saturated heterocycles. The SMILES string of the molecule is CCN(CC)CCCC(C)NC(C)CCc1ccccc1. The molecule has 2 heteroatoms. The minimum Gasteiger partial charge on any atom is -0.312 e. The molecule has 0 aliphatic heterocycles. The zero-order valence-corrected chi connectivity index (χ0v) is 14.4. The number of rotatable bonds is 11. The predicted octanol–water partition coefficient (Wildman–Crippen LogP) is 4.11. The highest BCUT2D eigenvalue weighted by molar-refractivity contribution is 5.14. The molecule has 1 aromatic rings. The minimum atomic E-state index is 0.591. The second-order valence-corrected chi connectivity index (χ2v) is 6.16. The lowest BCUT2D eigenvalue weighted by Crippen LogP contribution is -2.35. The number of benzene rings is 1. The minimum absolute atomic E-state index is 0.591. The molecular weight excluding hydrogens is 256 g/mol. The zero-order chi connectivity index (χ0) is 15.5. The van der Waals surface area contributed by atoms with Crippen LogP contribution in [0, 0.1) is 0 Å². The first kappa shape index (κ1) is 18.2. The highest BCUT2D eigenvalue weighted by Crippen LogP contribution is 2.07. The van der Waals surface area contributed by atoms with E-state index < -0.39 is 0 Å². The number of hydrogen-bond acceptors (Lipinski definition) is 2. The molecule has 1 N–H and O–H groups in total. The van der Waals surface area contributed by atoms with Crippen LogP contribution in [-0.2, 0) is 6.42 Å². The average molecular weight is 290 g/mol. The predicted molar refractivity (Wildman–Crippen MR) is 93.8 cm³/mol. The molecule has 2 unspecified atom stereocenters. The van der Waals surface area contributed by atoms with E-state index in [2.05, 4.69) is 68.2 Å². The topological polar surface area (TPSA) is 15.3 Å². The summed E-state index contributed by atoms with van der Waals surface area (Å²) < 4.78 is 0. The van der Waals surface area contributed by atoms with E-state index in [0.717, 1.165) is 0 Å². The van der Waals surface area contributed by atoms with E-state index in [1.807, 2.05) is 0 Å². The molecule has 2 nitrogen and oxygen atoms in total. The van der Waals surface area contributed by atoms with Crippen LogP contribution in [0.2, 0.25) is 0 Å². The monoisotopic (exact) mass is 290 g/mol. The molecule has 0 saturated carbocycles. The van der Waals surface area contributed by atoms with Gasteiger partial charge >= 0.3 is 0 Å². The van der Waals surface area contributed by atoms with Gasteiger partial charge in [-0.05, 0) is 64.7 Å². The maximum atomic E-state index is 3.74. The first-order chi connectivity index (χ1) is 10.2. The van der Waals surface area contributed by atoms with E-state index in [9.17, 15) is 0 Å². The first-order valence-electron chi connectivity index (χ1n) is 8.68. The maximum Gasteiger partial charge on any atom is 0.00443 e. The van der Waals surface area contributed by atoms with Crippen LogP contribution in [0.15, 0.2) is 30.3 Å². The van der Waals surface area contributed by atoms with E-state index in [4.69, 9.17) is 0 Å². The van der Waals surface area contributed by atoms with Gasteiger partial charge < -0.3 is 10.2 Å². The molecule has 0 bridgehead atoms. The zero-order valence-electron chi connectivity index (χ0n) is 14.4. The summed E-state index contributed by atoms with van der Waals surface area (Å²) in [6.07, 6.45) is 4.94. The fourth-order valence-corrected chi connectivity index (χ4v) is 2.84. The molecule has 2 atom stereocenters. The van der Waals surface area contributed by atoms with Crippen molar-refractivity contribution in [2.75, 3.05) is 19.6 Å². The summed E-state index contributed by atoms with van der Waals surface area (Å²) in [4.78, 5) is 2.51. The van der Waals surface area contributed by atoms with Gasteiger partial charge in [0, 0.05) is 12.1 Å². The standard InChI is InChI=1S/C19H34N2/c1-5-21(6-2)16-10-11-17(3)20-18(4)14-15-19-12-8-7-9-13-19/h7-9,12-13,17-18,20H,5-6,10-11,14-16H2,1-4H3. The van der Waals surface area contributed by atoms with Gasteiger partial charge in [-0.25, -0.2) is 0 Å². The van der Waals surface area contributed by atoms with Gasteiger partial charge in [-0.3, -0.25) is 0 Å². The molecule has 1 aromatic carbocycles. The molecule has 0 amide bonds. The Morgan fingerprint density at radius 3 is 2.19 bits per heavy atom. The maximum absolute atomic E-state index is 3.74. The molecular formula is C19H34N2. The third-order valence-electron chi connectivity index (χ3n) is 4.28. The Labute approximate surface area is 131 Å². The summed E-state index contributed by atoms with van der Waals surface area (Å²) in [5.41, 5.74) is 1.44. The molecule has 0 fully saturated rings. The number of nitrogens with one attached hydrogen (secondary N) is 1. The Kier molecular flexibility index (Phi) is 9.36. The Balaban J connectivity index is 2.14. The Hall–Kier alpha value is -0.860. The fourth-order valence-electron chi connectivity index (χ4n) is 2.84.